The molecule has 1 aliphatic rings. The number of nitrogens with one attached hydrogen (secondary N) is 1. The van der Waals surface area contributed by atoms with Crippen LogP contribution in [-0.4, -0.2) is 38.2 Å². The topological polar surface area (TPSA) is 47.6 Å². The number of amides is 1. The van der Waals surface area contributed by atoms with E-state index >= 15 is 0 Å². The molecular weight excluding hydrogens is 266 g/mol. The van der Waals surface area contributed by atoms with Crippen molar-refractivity contribution >= 4 is 17.5 Å². The fourth-order valence-corrected chi connectivity index (χ4v) is 2.47. The quantitative estimate of drug-likeness (QED) is 0.812. The summed E-state index contributed by atoms with van der Waals surface area (Å²) in [5, 5.41) is 2.97. The smallest absolute Gasteiger partial charge is 0.231 e. The summed E-state index contributed by atoms with van der Waals surface area (Å²) in [5.41, 5.74) is 0.946. The first-order chi connectivity index (χ1) is 9.26. The Morgan fingerprint density at radius 2 is 2.37 bits per heavy atom. The van der Waals surface area contributed by atoms with Crippen LogP contribution in [0.1, 0.15) is 17.9 Å². The molecule has 0 fully saturated rings. The molecule has 1 amide bonds. The van der Waals surface area contributed by atoms with Gasteiger partial charge in [0, 0.05) is 18.6 Å². The van der Waals surface area contributed by atoms with Crippen molar-refractivity contribution in [2.45, 2.75) is 18.4 Å². The van der Waals surface area contributed by atoms with Gasteiger partial charge in [0.1, 0.15) is 18.3 Å². The van der Waals surface area contributed by atoms with Crippen molar-refractivity contribution in [1.29, 1.82) is 0 Å². The normalized spacial score (nSPS) is 18.5. The van der Waals surface area contributed by atoms with Crippen LogP contribution in [0.15, 0.2) is 24.3 Å². The van der Waals surface area contributed by atoms with Gasteiger partial charge in [0.25, 0.3) is 0 Å². The molecule has 2 rings (SSSR count). The number of halogens is 1. The average molecular weight is 284 g/mol. The lowest BCUT2D eigenvalue weighted by Crippen LogP contribution is -2.41. The second-order valence-corrected chi connectivity index (χ2v) is 4.92. The van der Waals surface area contributed by atoms with Crippen molar-refractivity contribution in [2.24, 2.45) is 0 Å². The number of rotatable bonds is 6. The molecule has 0 aromatic heterocycles. The minimum atomic E-state index is -0.245. The van der Waals surface area contributed by atoms with Gasteiger partial charge in [-0.2, -0.15) is 0 Å². The Morgan fingerprint density at radius 1 is 1.58 bits per heavy atom. The SMILES string of the molecule is COCC(CCCl)NC(=O)C1COc2ccccc21. The molecule has 1 N–H and O–H groups in total. The average Bonchev–Trinajstić information content (AvgIpc) is 2.83. The predicted molar refractivity (Wildman–Crippen MR) is 73.8 cm³/mol. The number of para-hydroxylation sites is 1. The first kappa shape index (κ1) is 14.2. The van der Waals surface area contributed by atoms with Crippen molar-refractivity contribution in [2.75, 3.05) is 26.2 Å². The molecule has 4 nitrogen and oxygen atoms in total. The molecule has 0 spiro atoms. The van der Waals surface area contributed by atoms with E-state index < -0.39 is 0 Å². The Balaban J connectivity index is 2.01. The minimum Gasteiger partial charge on any atom is -0.492 e. The van der Waals surface area contributed by atoms with E-state index in [9.17, 15) is 4.79 Å². The van der Waals surface area contributed by atoms with Gasteiger partial charge in [-0.15, -0.1) is 11.6 Å². The molecule has 5 heteroatoms. The monoisotopic (exact) mass is 283 g/mol. The van der Waals surface area contributed by atoms with Gasteiger partial charge >= 0.3 is 0 Å². The van der Waals surface area contributed by atoms with Crippen molar-refractivity contribution in [3.63, 3.8) is 0 Å². The van der Waals surface area contributed by atoms with Gasteiger partial charge in [-0.05, 0) is 12.5 Å². The summed E-state index contributed by atoms with van der Waals surface area (Å²) in [7, 11) is 1.61. The molecule has 0 bridgehead atoms. The number of fused-ring (bicyclic) bond motifs is 1. The maximum Gasteiger partial charge on any atom is 0.231 e. The maximum absolute atomic E-state index is 12.3. The summed E-state index contributed by atoms with van der Waals surface area (Å²) in [6, 6.07) is 7.58. The van der Waals surface area contributed by atoms with E-state index in [1.165, 1.54) is 0 Å². The maximum atomic E-state index is 12.3. The highest BCUT2D eigenvalue weighted by molar-refractivity contribution is 6.17. The highest BCUT2D eigenvalue weighted by atomic mass is 35.5. The minimum absolute atomic E-state index is 0.0304. The number of carbonyl (C=O) groups excluding carboxylic acids is 1. The zero-order chi connectivity index (χ0) is 13.7. The van der Waals surface area contributed by atoms with Crippen molar-refractivity contribution < 1.29 is 14.3 Å². The first-order valence-corrected chi connectivity index (χ1v) is 6.86. The summed E-state index contributed by atoms with van der Waals surface area (Å²) in [6.45, 7) is 0.861. The fourth-order valence-electron chi connectivity index (χ4n) is 2.21. The molecule has 1 aromatic carbocycles. The Morgan fingerprint density at radius 3 is 3.11 bits per heavy atom. The van der Waals surface area contributed by atoms with Crippen molar-refractivity contribution in [3.05, 3.63) is 29.8 Å². The van der Waals surface area contributed by atoms with E-state index in [0.717, 1.165) is 11.3 Å². The van der Waals surface area contributed by atoms with Gasteiger partial charge in [-0.3, -0.25) is 4.79 Å². The van der Waals surface area contributed by atoms with E-state index in [1.807, 2.05) is 24.3 Å². The van der Waals surface area contributed by atoms with Gasteiger partial charge in [0.15, 0.2) is 0 Å². The largest absolute Gasteiger partial charge is 0.492 e. The Bertz CT molecular complexity index is 432. The molecule has 1 aromatic rings. The highest BCUT2D eigenvalue weighted by Crippen LogP contribution is 2.33. The Hall–Kier alpha value is -1.26. The summed E-state index contributed by atoms with van der Waals surface area (Å²) < 4.78 is 10.6. The number of hydrogen-bond donors (Lipinski definition) is 1. The number of carbonyl (C=O) groups is 1. The molecule has 2 unspecified atom stereocenters. The number of methoxy groups -OCH3 is 1. The van der Waals surface area contributed by atoms with Crippen LogP contribution in [0, 0.1) is 0 Å². The van der Waals surface area contributed by atoms with Gasteiger partial charge in [-0.25, -0.2) is 0 Å². The first-order valence-electron chi connectivity index (χ1n) is 6.33. The zero-order valence-corrected chi connectivity index (χ0v) is 11.7. The lowest BCUT2D eigenvalue weighted by Gasteiger charge is -2.19. The van der Waals surface area contributed by atoms with Crippen LogP contribution >= 0.6 is 11.6 Å². The van der Waals surface area contributed by atoms with E-state index in [4.69, 9.17) is 21.1 Å². The van der Waals surface area contributed by atoms with Crippen molar-refractivity contribution in [3.8, 4) is 5.75 Å². The summed E-state index contributed by atoms with van der Waals surface area (Å²) in [6.07, 6.45) is 0.691. The number of benzene rings is 1. The van der Waals surface area contributed by atoms with Crippen molar-refractivity contribution in [1.82, 2.24) is 5.32 Å². The van der Waals surface area contributed by atoms with Gasteiger partial charge in [0.05, 0.1) is 12.6 Å². The van der Waals surface area contributed by atoms with Gasteiger partial charge in [-0.1, -0.05) is 18.2 Å². The van der Waals surface area contributed by atoms with E-state index in [1.54, 1.807) is 7.11 Å². The summed E-state index contributed by atoms with van der Waals surface area (Å²) in [4.78, 5) is 12.3. The summed E-state index contributed by atoms with van der Waals surface area (Å²) >= 11 is 5.72. The Kier molecular flexibility index (Phi) is 5.05. The molecule has 1 aliphatic heterocycles. The predicted octanol–water partition coefficient (Wildman–Crippen LogP) is 1.92. The molecule has 104 valence electrons. The summed E-state index contributed by atoms with van der Waals surface area (Å²) in [5.74, 6) is 1.01. The number of alkyl halides is 1. The van der Waals surface area contributed by atoms with Gasteiger partial charge < -0.3 is 14.8 Å². The van der Waals surface area contributed by atoms with Crippen LogP contribution in [0.5, 0.6) is 5.75 Å². The standard InChI is InChI=1S/C14H18ClNO3/c1-18-8-10(6-7-15)16-14(17)12-9-19-13-5-3-2-4-11(12)13/h2-5,10,12H,6-9H2,1H3,(H,16,17). The van der Waals surface area contributed by atoms with Crippen LogP contribution in [0.3, 0.4) is 0 Å². The molecule has 2 atom stereocenters. The third kappa shape index (κ3) is 3.39. The Labute approximate surface area is 118 Å². The third-order valence-electron chi connectivity index (χ3n) is 3.19. The van der Waals surface area contributed by atoms with E-state index in [0.29, 0.717) is 25.5 Å². The third-order valence-corrected chi connectivity index (χ3v) is 3.41. The molecular formula is C14H18ClNO3. The molecule has 0 aliphatic carbocycles. The van der Waals surface area contributed by atoms with Crippen LogP contribution < -0.4 is 10.1 Å². The molecule has 0 radical (unpaired) electrons. The molecule has 19 heavy (non-hydrogen) atoms. The van der Waals surface area contributed by atoms with Crippen LogP contribution in [0.2, 0.25) is 0 Å². The van der Waals surface area contributed by atoms with Crippen LogP contribution in [-0.2, 0) is 9.53 Å². The van der Waals surface area contributed by atoms with Gasteiger partial charge in [0.2, 0.25) is 5.91 Å². The number of ether oxygens (including phenoxy) is 2. The molecule has 0 saturated heterocycles. The van der Waals surface area contributed by atoms with Crippen LogP contribution in [0.4, 0.5) is 0 Å². The van der Waals surface area contributed by atoms with E-state index in [2.05, 4.69) is 5.32 Å². The zero-order valence-electron chi connectivity index (χ0n) is 10.9. The molecule has 1 heterocycles. The fraction of sp³-hybridized carbons (Fsp3) is 0.500. The van der Waals surface area contributed by atoms with Crippen LogP contribution in [0.25, 0.3) is 0 Å². The lowest BCUT2D eigenvalue weighted by molar-refractivity contribution is -0.123. The lowest BCUT2D eigenvalue weighted by atomic mass is 10.00. The number of hydrogen-bond acceptors (Lipinski definition) is 3. The highest BCUT2D eigenvalue weighted by Gasteiger charge is 2.30. The second kappa shape index (κ2) is 6.78. The van der Waals surface area contributed by atoms with E-state index in [-0.39, 0.29) is 17.9 Å². The molecule has 0 saturated carbocycles. The second-order valence-electron chi connectivity index (χ2n) is 4.54.